The molecule has 0 amide bonds. The van der Waals surface area contributed by atoms with E-state index in [0.717, 1.165) is 25.4 Å². The first-order chi connectivity index (χ1) is 10.1. The lowest BCUT2D eigenvalue weighted by molar-refractivity contribution is 0.351. The second kappa shape index (κ2) is 8.53. The summed E-state index contributed by atoms with van der Waals surface area (Å²) in [6, 6.07) is 7.06. The number of hydrogen-bond donors (Lipinski definition) is 1. The summed E-state index contributed by atoms with van der Waals surface area (Å²) in [4.78, 5) is 0. The fourth-order valence-corrected chi connectivity index (χ4v) is 3.49. The molecule has 1 aromatic rings. The van der Waals surface area contributed by atoms with E-state index in [1.165, 1.54) is 37.7 Å². The van der Waals surface area contributed by atoms with Crippen LogP contribution in [-0.4, -0.2) is 13.1 Å². The molecule has 2 rings (SSSR count). The third kappa shape index (κ3) is 6.17. The van der Waals surface area contributed by atoms with Crippen molar-refractivity contribution in [3.8, 4) is 0 Å². The van der Waals surface area contributed by atoms with E-state index in [1.807, 2.05) is 12.1 Å². The Morgan fingerprint density at radius 2 is 1.76 bits per heavy atom. The van der Waals surface area contributed by atoms with Gasteiger partial charge in [0.25, 0.3) is 0 Å². The van der Waals surface area contributed by atoms with Gasteiger partial charge in [-0.25, -0.2) is 4.39 Å². The average Bonchev–Trinajstić information content (AvgIpc) is 2.94. The van der Waals surface area contributed by atoms with Crippen molar-refractivity contribution in [3.05, 3.63) is 35.6 Å². The maximum absolute atomic E-state index is 13.0. The summed E-state index contributed by atoms with van der Waals surface area (Å²) in [5.41, 5.74) is 1.27. The fourth-order valence-electron chi connectivity index (χ4n) is 3.49. The molecule has 1 aliphatic rings. The van der Waals surface area contributed by atoms with E-state index in [2.05, 4.69) is 19.2 Å². The van der Waals surface area contributed by atoms with Gasteiger partial charge in [0.15, 0.2) is 0 Å². The van der Waals surface area contributed by atoms with Crippen molar-refractivity contribution in [1.29, 1.82) is 0 Å². The minimum Gasteiger partial charge on any atom is -0.316 e. The number of nitrogens with one attached hydrogen (secondary N) is 1. The molecule has 0 heterocycles. The van der Waals surface area contributed by atoms with Crippen LogP contribution in [-0.2, 0) is 6.42 Å². The molecule has 2 heteroatoms. The molecule has 1 atom stereocenters. The van der Waals surface area contributed by atoms with Gasteiger partial charge in [0.05, 0.1) is 0 Å². The maximum Gasteiger partial charge on any atom is 0.123 e. The van der Waals surface area contributed by atoms with Gasteiger partial charge in [0.1, 0.15) is 5.82 Å². The van der Waals surface area contributed by atoms with Crippen LogP contribution in [0.2, 0.25) is 0 Å². The molecule has 0 radical (unpaired) electrons. The summed E-state index contributed by atoms with van der Waals surface area (Å²) in [6.07, 6.45) is 8.03. The molecule has 1 aromatic carbocycles. The van der Waals surface area contributed by atoms with Crippen molar-refractivity contribution in [2.24, 2.45) is 17.8 Å². The van der Waals surface area contributed by atoms with E-state index in [0.29, 0.717) is 11.8 Å². The number of benzene rings is 1. The Labute approximate surface area is 129 Å². The predicted octanol–water partition coefficient (Wildman–Crippen LogP) is 4.81. The largest absolute Gasteiger partial charge is 0.316 e. The Morgan fingerprint density at radius 1 is 1.10 bits per heavy atom. The van der Waals surface area contributed by atoms with Crippen molar-refractivity contribution in [1.82, 2.24) is 5.32 Å². The summed E-state index contributed by atoms with van der Waals surface area (Å²) in [5, 5.41) is 3.62. The van der Waals surface area contributed by atoms with Crippen LogP contribution in [0.4, 0.5) is 4.39 Å². The number of halogens is 1. The first-order valence-electron chi connectivity index (χ1n) is 8.58. The van der Waals surface area contributed by atoms with Gasteiger partial charge in [-0.3, -0.25) is 0 Å². The van der Waals surface area contributed by atoms with Crippen LogP contribution in [0.3, 0.4) is 0 Å². The first kappa shape index (κ1) is 16.5. The Morgan fingerprint density at radius 3 is 2.38 bits per heavy atom. The Kier molecular flexibility index (Phi) is 6.69. The molecule has 0 saturated heterocycles. The molecule has 0 aliphatic heterocycles. The minimum atomic E-state index is -0.135. The van der Waals surface area contributed by atoms with E-state index in [4.69, 9.17) is 0 Å². The molecule has 0 bridgehead atoms. The van der Waals surface area contributed by atoms with Crippen LogP contribution in [0.15, 0.2) is 24.3 Å². The van der Waals surface area contributed by atoms with Gasteiger partial charge in [-0.1, -0.05) is 51.7 Å². The molecule has 118 valence electrons. The molecular formula is C19H30FN. The van der Waals surface area contributed by atoms with Crippen LogP contribution < -0.4 is 5.32 Å². The van der Waals surface area contributed by atoms with E-state index < -0.39 is 0 Å². The highest BCUT2D eigenvalue weighted by Gasteiger charge is 2.20. The van der Waals surface area contributed by atoms with Crippen molar-refractivity contribution in [2.45, 2.75) is 52.4 Å². The zero-order valence-corrected chi connectivity index (χ0v) is 13.6. The van der Waals surface area contributed by atoms with E-state index in [9.17, 15) is 4.39 Å². The van der Waals surface area contributed by atoms with E-state index >= 15 is 0 Å². The summed E-state index contributed by atoms with van der Waals surface area (Å²) in [6.45, 7) is 6.68. The lowest BCUT2D eigenvalue weighted by Crippen LogP contribution is -2.28. The van der Waals surface area contributed by atoms with Gasteiger partial charge in [0, 0.05) is 0 Å². The summed E-state index contributed by atoms with van der Waals surface area (Å²) in [7, 11) is 0. The zero-order chi connectivity index (χ0) is 15.1. The third-order valence-electron chi connectivity index (χ3n) is 4.56. The zero-order valence-electron chi connectivity index (χ0n) is 13.6. The van der Waals surface area contributed by atoms with Crippen LogP contribution >= 0.6 is 0 Å². The molecular weight excluding hydrogens is 261 g/mol. The summed E-state index contributed by atoms with van der Waals surface area (Å²) in [5.74, 6) is 2.15. The highest BCUT2D eigenvalue weighted by molar-refractivity contribution is 5.16. The molecule has 1 N–H and O–H groups in total. The molecule has 0 aromatic heterocycles. The highest BCUT2D eigenvalue weighted by atomic mass is 19.1. The van der Waals surface area contributed by atoms with Gasteiger partial charge >= 0.3 is 0 Å². The second-order valence-electron chi connectivity index (χ2n) is 7.13. The van der Waals surface area contributed by atoms with Gasteiger partial charge in [0.2, 0.25) is 0 Å². The predicted molar refractivity (Wildman–Crippen MR) is 87.9 cm³/mol. The molecule has 1 saturated carbocycles. The normalized spacial score (nSPS) is 17.5. The number of hydrogen-bond acceptors (Lipinski definition) is 1. The monoisotopic (exact) mass is 291 g/mol. The van der Waals surface area contributed by atoms with E-state index in [-0.39, 0.29) is 5.82 Å². The maximum atomic E-state index is 13.0. The van der Waals surface area contributed by atoms with Crippen LogP contribution in [0.5, 0.6) is 0 Å². The molecule has 21 heavy (non-hydrogen) atoms. The Balaban J connectivity index is 1.88. The lowest BCUT2D eigenvalue weighted by Gasteiger charge is -2.22. The van der Waals surface area contributed by atoms with Crippen LogP contribution in [0.25, 0.3) is 0 Å². The van der Waals surface area contributed by atoms with Gasteiger partial charge < -0.3 is 5.32 Å². The van der Waals surface area contributed by atoms with Gasteiger partial charge in [-0.2, -0.15) is 0 Å². The molecule has 1 fully saturated rings. The van der Waals surface area contributed by atoms with Crippen molar-refractivity contribution >= 4 is 0 Å². The fraction of sp³-hybridized carbons (Fsp3) is 0.684. The van der Waals surface area contributed by atoms with Crippen molar-refractivity contribution in [3.63, 3.8) is 0 Å². The SMILES string of the molecule is CC(C)CNCC(Cc1ccc(F)cc1)CC1CCCC1. The topological polar surface area (TPSA) is 12.0 Å². The molecule has 1 unspecified atom stereocenters. The minimum absolute atomic E-state index is 0.135. The lowest BCUT2D eigenvalue weighted by atomic mass is 9.88. The van der Waals surface area contributed by atoms with Gasteiger partial charge in [-0.15, -0.1) is 0 Å². The smallest absolute Gasteiger partial charge is 0.123 e. The Bertz CT molecular complexity index is 393. The molecule has 1 nitrogen and oxygen atoms in total. The standard InChI is InChI=1S/C19H30FN/c1-15(2)13-21-14-18(11-16-5-3-4-6-16)12-17-7-9-19(20)10-8-17/h7-10,15-16,18,21H,3-6,11-14H2,1-2H3. The van der Waals surface area contributed by atoms with Crippen LogP contribution in [0.1, 0.15) is 51.5 Å². The van der Waals surface area contributed by atoms with Crippen LogP contribution in [0, 0.1) is 23.6 Å². The number of rotatable bonds is 8. The summed E-state index contributed by atoms with van der Waals surface area (Å²) >= 11 is 0. The summed E-state index contributed by atoms with van der Waals surface area (Å²) < 4.78 is 13.0. The van der Waals surface area contributed by atoms with Gasteiger partial charge in [-0.05, 0) is 61.4 Å². The molecule has 0 spiro atoms. The Hall–Kier alpha value is -0.890. The first-order valence-corrected chi connectivity index (χ1v) is 8.58. The molecule has 1 aliphatic carbocycles. The quantitative estimate of drug-likeness (QED) is 0.724. The van der Waals surface area contributed by atoms with E-state index in [1.54, 1.807) is 12.1 Å². The van der Waals surface area contributed by atoms with Crippen molar-refractivity contribution in [2.75, 3.05) is 13.1 Å². The van der Waals surface area contributed by atoms with Crippen molar-refractivity contribution < 1.29 is 4.39 Å². The third-order valence-corrected chi connectivity index (χ3v) is 4.56. The average molecular weight is 291 g/mol. The second-order valence-corrected chi connectivity index (χ2v) is 7.13. The highest BCUT2D eigenvalue weighted by Crippen LogP contribution is 2.31.